The van der Waals surface area contributed by atoms with E-state index < -0.39 is 0 Å². The summed E-state index contributed by atoms with van der Waals surface area (Å²) in [5.41, 5.74) is 0. The molecule has 0 spiro atoms. The molecule has 0 N–H and O–H groups in total. The topological polar surface area (TPSA) is 18.5 Å². The van der Waals surface area contributed by atoms with Crippen LogP contribution in [0.4, 0.5) is 0 Å². The summed E-state index contributed by atoms with van der Waals surface area (Å²) in [6.45, 7) is 16.1. The highest BCUT2D eigenvalue weighted by Gasteiger charge is 2.16. The summed E-state index contributed by atoms with van der Waals surface area (Å²) in [4.78, 5) is 0. The molecular formula is C28H57ClO2. The number of ether oxygens (including phenoxy) is 2. The monoisotopic (exact) mass is 460 g/mol. The van der Waals surface area contributed by atoms with Crippen LogP contribution in [-0.4, -0.2) is 25.4 Å². The largest absolute Gasteiger partial charge is 0.355 e. The Labute approximate surface area is 201 Å². The van der Waals surface area contributed by atoms with Gasteiger partial charge in [0.15, 0.2) is 0 Å². The van der Waals surface area contributed by atoms with Gasteiger partial charge in [-0.25, -0.2) is 0 Å². The minimum atomic E-state index is 0.303. The van der Waals surface area contributed by atoms with E-state index in [0.717, 1.165) is 49.7 Å². The summed E-state index contributed by atoms with van der Waals surface area (Å²) in [7, 11) is 0. The molecule has 0 radical (unpaired) electrons. The van der Waals surface area contributed by atoms with E-state index in [1.807, 2.05) is 0 Å². The van der Waals surface area contributed by atoms with Gasteiger partial charge in [-0.15, -0.1) is 11.6 Å². The molecule has 0 aromatic carbocycles. The second kappa shape index (κ2) is 22.0. The van der Waals surface area contributed by atoms with E-state index in [2.05, 4.69) is 41.5 Å². The van der Waals surface area contributed by atoms with E-state index in [4.69, 9.17) is 21.1 Å². The fourth-order valence-electron chi connectivity index (χ4n) is 5.07. The summed E-state index contributed by atoms with van der Waals surface area (Å²) in [6.07, 6.45) is 18.3. The van der Waals surface area contributed by atoms with Crippen molar-refractivity contribution in [1.29, 1.82) is 0 Å². The molecule has 0 fully saturated rings. The molecule has 3 heteroatoms. The first-order valence-corrected chi connectivity index (χ1v) is 14.1. The standard InChI is InChI=1S/C28H57ClO2/c1-7-8-9-10-11-12-13-14-17-30-23-31-18-15-16-24(2)19-25(3)20-26(4)21-27(5)22-28(6)29/h24-28H,7-23H2,1-6H3. The van der Waals surface area contributed by atoms with Crippen molar-refractivity contribution in [1.82, 2.24) is 0 Å². The lowest BCUT2D eigenvalue weighted by Crippen LogP contribution is -2.12. The van der Waals surface area contributed by atoms with Crippen LogP contribution in [-0.2, 0) is 9.47 Å². The highest BCUT2D eigenvalue weighted by molar-refractivity contribution is 6.20. The highest BCUT2D eigenvalue weighted by atomic mass is 35.5. The number of halogens is 1. The average molecular weight is 461 g/mol. The molecule has 0 amide bonds. The maximum Gasteiger partial charge on any atom is 0.146 e. The quantitative estimate of drug-likeness (QED) is 0.0857. The zero-order chi connectivity index (χ0) is 23.3. The summed E-state index contributed by atoms with van der Waals surface area (Å²) in [5, 5.41) is 0.303. The normalized spacial score (nSPS) is 16.7. The van der Waals surface area contributed by atoms with Gasteiger partial charge in [0, 0.05) is 18.6 Å². The van der Waals surface area contributed by atoms with Crippen molar-refractivity contribution in [3.8, 4) is 0 Å². The fraction of sp³-hybridized carbons (Fsp3) is 1.00. The van der Waals surface area contributed by atoms with Crippen LogP contribution < -0.4 is 0 Å². The molecule has 2 nitrogen and oxygen atoms in total. The van der Waals surface area contributed by atoms with E-state index in [-0.39, 0.29) is 0 Å². The Bertz CT molecular complexity index is 361. The summed E-state index contributed by atoms with van der Waals surface area (Å²) >= 11 is 6.14. The van der Waals surface area contributed by atoms with Crippen molar-refractivity contribution < 1.29 is 9.47 Å². The molecule has 0 bridgehead atoms. The molecule has 0 aliphatic rings. The summed E-state index contributed by atoms with van der Waals surface area (Å²) in [5.74, 6) is 3.13. The number of alkyl halides is 1. The van der Waals surface area contributed by atoms with Crippen molar-refractivity contribution in [2.24, 2.45) is 23.7 Å². The molecule has 5 unspecified atom stereocenters. The summed E-state index contributed by atoms with van der Waals surface area (Å²) in [6, 6.07) is 0. The minimum Gasteiger partial charge on any atom is -0.355 e. The number of hydrogen-bond acceptors (Lipinski definition) is 2. The molecule has 0 rings (SSSR count). The minimum absolute atomic E-state index is 0.303. The first-order chi connectivity index (χ1) is 14.8. The molecule has 0 saturated carbocycles. The smallest absolute Gasteiger partial charge is 0.146 e. The lowest BCUT2D eigenvalue weighted by Gasteiger charge is -2.23. The number of hydrogen-bond donors (Lipinski definition) is 0. The van der Waals surface area contributed by atoms with Crippen molar-refractivity contribution in [2.75, 3.05) is 20.0 Å². The second-order valence-electron chi connectivity index (χ2n) is 10.7. The van der Waals surface area contributed by atoms with Crippen LogP contribution >= 0.6 is 11.6 Å². The van der Waals surface area contributed by atoms with Crippen LogP contribution in [0.1, 0.15) is 131 Å². The highest BCUT2D eigenvalue weighted by Crippen LogP contribution is 2.27. The predicted molar refractivity (Wildman–Crippen MR) is 139 cm³/mol. The molecule has 31 heavy (non-hydrogen) atoms. The molecule has 188 valence electrons. The van der Waals surface area contributed by atoms with E-state index >= 15 is 0 Å². The predicted octanol–water partition coefficient (Wildman–Crippen LogP) is 9.63. The maximum atomic E-state index is 6.14. The lowest BCUT2D eigenvalue weighted by molar-refractivity contribution is -0.0561. The van der Waals surface area contributed by atoms with Crippen LogP contribution in [0.15, 0.2) is 0 Å². The van der Waals surface area contributed by atoms with Gasteiger partial charge in [-0.3, -0.25) is 0 Å². The first kappa shape index (κ1) is 31.2. The van der Waals surface area contributed by atoms with E-state index in [1.165, 1.54) is 77.0 Å². The van der Waals surface area contributed by atoms with Crippen LogP contribution in [0.3, 0.4) is 0 Å². The molecular weight excluding hydrogens is 404 g/mol. The van der Waals surface area contributed by atoms with Gasteiger partial charge in [0.05, 0.1) is 0 Å². The Morgan fingerprint density at radius 1 is 0.548 bits per heavy atom. The molecule has 0 aromatic rings. The van der Waals surface area contributed by atoms with E-state index in [9.17, 15) is 0 Å². The van der Waals surface area contributed by atoms with Crippen molar-refractivity contribution >= 4 is 11.6 Å². The number of unbranched alkanes of at least 4 members (excludes halogenated alkanes) is 7. The Hall–Kier alpha value is 0.210. The SMILES string of the molecule is CCCCCCCCCCOCOCCCC(C)CC(C)CC(C)CC(C)CC(C)Cl. The Kier molecular flexibility index (Phi) is 22.2. The zero-order valence-corrected chi connectivity index (χ0v) is 22.9. The average Bonchev–Trinajstić information content (AvgIpc) is 2.67. The molecule has 0 aliphatic carbocycles. The third-order valence-electron chi connectivity index (χ3n) is 6.44. The van der Waals surface area contributed by atoms with Crippen LogP contribution in [0.5, 0.6) is 0 Å². The van der Waals surface area contributed by atoms with Gasteiger partial charge in [0.25, 0.3) is 0 Å². The third kappa shape index (κ3) is 23.2. The van der Waals surface area contributed by atoms with Gasteiger partial charge in [-0.05, 0) is 75.5 Å². The fourth-order valence-corrected chi connectivity index (χ4v) is 5.37. The van der Waals surface area contributed by atoms with Crippen molar-refractivity contribution in [3.05, 3.63) is 0 Å². The van der Waals surface area contributed by atoms with Gasteiger partial charge in [-0.1, -0.05) is 79.6 Å². The van der Waals surface area contributed by atoms with E-state index in [1.54, 1.807) is 0 Å². The molecule has 0 heterocycles. The van der Waals surface area contributed by atoms with Crippen LogP contribution in [0.25, 0.3) is 0 Å². The molecule has 5 atom stereocenters. The van der Waals surface area contributed by atoms with Gasteiger partial charge in [0.2, 0.25) is 0 Å². The maximum absolute atomic E-state index is 6.14. The van der Waals surface area contributed by atoms with Gasteiger partial charge >= 0.3 is 0 Å². The third-order valence-corrected chi connectivity index (χ3v) is 6.61. The van der Waals surface area contributed by atoms with Crippen molar-refractivity contribution in [2.45, 2.75) is 137 Å². The first-order valence-electron chi connectivity index (χ1n) is 13.6. The van der Waals surface area contributed by atoms with Crippen molar-refractivity contribution in [3.63, 3.8) is 0 Å². The molecule has 0 saturated heterocycles. The molecule has 0 aromatic heterocycles. The molecule has 0 aliphatic heterocycles. The van der Waals surface area contributed by atoms with Gasteiger partial charge < -0.3 is 9.47 Å². The zero-order valence-electron chi connectivity index (χ0n) is 22.1. The summed E-state index contributed by atoms with van der Waals surface area (Å²) < 4.78 is 11.3. The lowest BCUT2D eigenvalue weighted by atomic mass is 9.84. The Morgan fingerprint density at radius 2 is 1.00 bits per heavy atom. The van der Waals surface area contributed by atoms with Crippen LogP contribution in [0, 0.1) is 23.7 Å². The Balaban J connectivity index is 3.48. The van der Waals surface area contributed by atoms with Crippen LogP contribution in [0.2, 0.25) is 0 Å². The second-order valence-corrected chi connectivity index (χ2v) is 11.4. The van der Waals surface area contributed by atoms with E-state index in [0.29, 0.717) is 12.2 Å². The van der Waals surface area contributed by atoms with Gasteiger partial charge in [-0.2, -0.15) is 0 Å². The number of rotatable bonds is 23. The Morgan fingerprint density at radius 3 is 1.55 bits per heavy atom. The van der Waals surface area contributed by atoms with Gasteiger partial charge in [0.1, 0.15) is 6.79 Å².